The average molecular weight is 388 g/mol. The van der Waals surface area contributed by atoms with Gasteiger partial charge in [0.15, 0.2) is 0 Å². The number of amides is 2. The van der Waals surface area contributed by atoms with E-state index >= 15 is 0 Å². The number of para-hydroxylation sites is 1. The summed E-state index contributed by atoms with van der Waals surface area (Å²) in [7, 11) is 1.65. The summed E-state index contributed by atoms with van der Waals surface area (Å²) in [6.07, 6.45) is 6.45. The van der Waals surface area contributed by atoms with Crippen LogP contribution in [0.25, 0.3) is 0 Å². The highest BCUT2D eigenvalue weighted by Gasteiger charge is 2.38. The zero-order valence-electron chi connectivity index (χ0n) is 17.1. The van der Waals surface area contributed by atoms with E-state index in [-0.39, 0.29) is 29.9 Å². The van der Waals surface area contributed by atoms with E-state index in [1.54, 1.807) is 7.11 Å². The summed E-state index contributed by atoms with van der Waals surface area (Å²) in [6.45, 7) is 3.04. The van der Waals surface area contributed by atoms with E-state index in [9.17, 15) is 9.59 Å². The van der Waals surface area contributed by atoms with Gasteiger partial charge < -0.3 is 15.0 Å². The standard InChI is InChI=1S/C22H33N3O3/c1-3-4-13-21(26)25(14-16-9-5-8-12-19(16)28-2)15-20-23-18-11-7-6-10-17(18)22(27)24-20/h5,8-9,12,17-18,20,23H,3-4,6-7,10-11,13-15H2,1-2H3,(H,24,27). The lowest BCUT2D eigenvalue weighted by atomic mass is 9.82. The number of nitrogens with one attached hydrogen (secondary N) is 2. The number of rotatable bonds is 8. The molecule has 1 aromatic carbocycles. The fourth-order valence-corrected chi connectivity index (χ4v) is 4.32. The van der Waals surface area contributed by atoms with Gasteiger partial charge in [-0.25, -0.2) is 0 Å². The summed E-state index contributed by atoms with van der Waals surface area (Å²) < 4.78 is 5.46. The Hall–Kier alpha value is -2.08. The highest BCUT2D eigenvalue weighted by molar-refractivity contribution is 5.81. The van der Waals surface area contributed by atoms with Crippen molar-refractivity contribution in [2.45, 2.75) is 70.6 Å². The molecule has 28 heavy (non-hydrogen) atoms. The summed E-state index contributed by atoms with van der Waals surface area (Å²) >= 11 is 0. The first-order chi connectivity index (χ1) is 13.6. The minimum absolute atomic E-state index is 0.0726. The van der Waals surface area contributed by atoms with Crippen molar-refractivity contribution in [3.05, 3.63) is 29.8 Å². The first-order valence-corrected chi connectivity index (χ1v) is 10.6. The van der Waals surface area contributed by atoms with Crippen LogP contribution in [-0.2, 0) is 16.1 Å². The zero-order chi connectivity index (χ0) is 19.9. The van der Waals surface area contributed by atoms with E-state index in [0.717, 1.165) is 49.8 Å². The predicted octanol–water partition coefficient (Wildman–Crippen LogP) is 2.82. The van der Waals surface area contributed by atoms with Crippen molar-refractivity contribution in [3.8, 4) is 5.75 Å². The minimum atomic E-state index is -0.202. The maximum Gasteiger partial charge on any atom is 0.225 e. The van der Waals surface area contributed by atoms with Crippen molar-refractivity contribution in [1.82, 2.24) is 15.5 Å². The zero-order valence-corrected chi connectivity index (χ0v) is 17.1. The first kappa shape index (κ1) is 20.6. The molecule has 2 aliphatic rings. The van der Waals surface area contributed by atoms with Crippen LogP contribution in [0.3, 0.4) is 0 Å². The highest BCUT2D eigenvalue weighted by atomic mass is 16.5. The van der Waals surface area contributed by atoms with Crippen LogP contribution in [0.1, 0.15) is 57.4 Å². The molecular formula is C22H33N3O3. The van der Waals surface area contributed by atoms with E-state index in [0.29, 0.717) is 19.5 Å². The number of fused-ring (bicyclic) bond motifs is 1. The number of hydrogen-bond acceptors (Lipinski definition) is 4. The Labute approximate surface area is 168 Å². The van der Waals surface area contributed by atoms with Gasteiger partial charge in [-0.3, -0.25) is 14.9 Å². The maximum atomic E-state index is 12.9. The normalized spacial score (nSPS) is 24.2. The first-order valence-electron chi connectivity index (χ1n) is 10.6. The fraction of sp³-hybridized carbons (Fsp3) is 0.636. The van der Waals surface area contributed by atoms with Crippen LogP contribution in [0.2, 0.25) is 0 Å². The number of carbonyl (C=O) groups is 2. The monoisotopic (exact) mass is 387 g/mol. The number of nitrogens with zero attached hydrogens (tertiary/aromatic N) is 1. The van der Waals surface area contributed by atoms with Gasteiger partial charge in [-0.05, 0) is 25.3 Å². The van der Waals surface area contributed by atoms with Crippen LogP contribution >= 0.6 is 0 Å². The third-order valence-corrected chi connectivity index (χ3v) is 5.89. The molecule has 1 aromatic rings. The van der Waals surface area contributed by atoms with Gasteiger partial charge in [0, 0.05) is 24.6 Å². The molecule has 0 bridgehead atoms. The molecule has 1 aliphatic carbocycles. The van der Waals surface area contributed by atoms with E-state index < -0.39 is 0 Å². The lowest BCUT2D eigenvalue weighted by Crippen LogP contribution is -2.65. The second kappa shape index (κ2) is 9.92. The molecule has 6 nitrogen and oxygen atoms in total. The van der Waals surface area contributed by atoms with Crippen LogP contribution < -0.4 is 15.4 Å². The molecule has 1 saturated heterocycles. The van der Waals surface area contributed by atoms with Crippen molar-refractivity contribution >= 4 is 11.8 Å². The lowest BCUT2D eigenvalue weighted by Gasteiger charge is -2.41. The van der Waals surface area contributed by atoms with Crippen molar-refractivity contribution in [2.75, 3.05) is 13.7 Å². The summed E-state index contributed by atoms with van der Waals surface area (Å²) in [6, 6.07) is 8.02. The smallest absolute Gasteiger partial charge is 0.225 e. The van der Waals surface area contributed by atoms with Gasteiger partial charge in [-0.15, -0.1) is 0 Å². The Morgan fingerprint density at radius 3 is 2.82 bits per heavy atom. The van der Waals surface area contributed by atoms with E-state index in [1.165, 1.54) is 0 Å². The molecule has 6 heteroatoms. The number of carbonyl (C=O) groups excluding carboxylic acids is 2. The van der Waals surface area contributed by atoms with Crippen molar-refractivity contribution in [3.63, 3.8) is 0 Å². The molecule has 2 amide bonds. The third kappa shape index (κ3) is 5.04. The third-order valence-electron chi connectivity index (χ3n) is 5.89. The summed E-state index contributed by atoms with van der Waals surface area (Å²) in [5.41, 5.74) is 0.979. The molecule has 2 N–H and O–H groups in total. The van der Waals surface area contributed by atoms with Crippen LogP contribution in [0, 0.1) is 5.92 Å². The van der Waals surface area contributed by atoms with Gasteiger partial charge in [0.25, 0.3) is 0 Å². The highest BCUT2D eigenvalue weighted by Crippen LogP contribution is 2.27. The topological polar surface area (TPSA) is 70.7 Å². The molecule has 1 saturated carbocycles. The van der Waals surface area contributed by atoms with Crippen LogP contribution in [0.4, 0.5) is 0 Å². The van der Waals surface area contributed by atoms with Crippen molar-refractivity contribution < 1.29 is 14.3 Å². The van der Waals surface area contributed by atoms with Gasteiger partial charge in [0.1, 0.15) is 5.75 Å². The molecule has 3 unspecified atom stereocenters. The lowest BCUT2D eigenvalue weighted by molar-refractivity contribution is -0.136. The number of hydrogen-bond donors (Lipinski definition) is 2. The van der Waals surface area contributed by atoms with Crippen molar-refractivity contribution in [1.29, 1.82) is 0 Å². The van der Waals surface area contributed by atoms with Gasteiger partial charge in [-0.2, -0.15) is 0 Å². The van der Waals surface area contributed by atoms with Gasteiger partial charge in [0.2, 0.25) is 11.8 Å². The summed E-state index contributed by atoms with van der Waals surface area (Å²) in [5.74, 6) is 1.11. The molecule has 3 rings (SSSR count). The number of unbranched alkanes of at least 4 members (excludes halogenated alkanes) is 1. The Morgan fingerprint density at radius 2 is 2.04 bits per heavy atom. The molecule has 3 atom stereocenters. The van der Waals surface area contributed by atoms with E-state index in [1.807, 2.05) is 29.2 Å². The molecule has 0 spiro atoms. The molecule has 154 valence electrons. The van der Waals surface area contributed by atoms with Gasteiger partial charge in [-0.1, -0.05) is 44.4 Å². The number of ether oxygens (including phenoxy) is 1. The SMILES string of the molecule is CCCCC(=O)N(Cc1ccccc1OC)CC1NC(=O)C2CCCCC2N1. The summed E-state index contributed by atoms with van der Waals surface area (Å²) in [4.78, 5) is 27.3. The number of methoxy groups -OCH3 is 1. The van der Waals surface area contributed by atoms with E-state index in [2.05, 4.69) is 17.6 Å². The molecule has 1 heterocycles. The van der Waals surface area contributed by atoms with Crippen LogP contribution in [-0.4, -0.2) is 42.6 Å². The van der Waals surface area contributed by atoms with Crippen molar-refractivity contribution in [2.24, 2.45) is 5.92 Å². The van der Waals surface area contributed by atoms with E-state index in [4.69, 9.17) is 4.74 Å². The van der Waals surface area contributed by atoms with Crippen LogP contribution in [0.15, 0.2) is 24.3 Å². The number of benzene rings is 1. The molecule has 0 radical (unpaired) electrons. The molecule has 1 aliphatic heterocycles. The molecule has 2 fully saturated rings. The second-order valence-electron chi connectivity index (χ2n) is 7.91. The summed E-state index contributed by atoms with van der Waals surface area (Å²) in [5, 5.41) is 6.68. The predicted molar refractivity (Wildman–Crippen MR) is 109 cm³/mol. The Bertz CT molecular complexity index is 679. The van der Waals surface area contributed by atoms with Crippen LogP contribution in [0.5, 0.6) is 5.75 Å². The Kier molecular flexibility index (Phi) is 7.31. The van der Waals surface area contributed by atoms with Gasteiger partial charge >= 0.3 is 0 Å². The molecule has 0 aromatic heterocycles. The molecular weight excluding hydrogens is 354 g/mol. The fourth-order valence-electron chi connectivity index (χ4n) is 4.32. The quantitative estimate of drug-likeness (QED) is 0.720. The Balaban J connectivity index is 1.71. The van der Waals surface area contributed by atoms with Gasteiger partial charge in [0.05, 0.1) is 25.7 Å². The largest absolute Gasteiger partial charge is 0.496 e. The maximum absolute atomic E-state index is 12.9. The average Bonchev–Trinajstić information content (AvgIpc) is 2.72. The second-order valence-corrected chi connectivity index (χ2v) is 7.91. The Morgan fingerprint density at radius 1 is 1.25 bits per heavy atom. The minimum Gasteiger partial charge on any atom is -0.496 e.